The van der Waals surface area contributed by atoms with E-state index in [-0.39, 0.29) is 24.0 Å². The Morgan fingerprint density at radius 2 is 1.86 bits per heavy atom. The number of fused-ring (bicyclic) bond motifs is 2. The van der Waals surface area contributed by atoms with Gasteiger partial charge in [0.15, 0.2) is 5.96 Å². The van der Waals surface area contributed by atoms with Crippen molar-refractivity contribution >= 4 is 29.9 Å². The van der Waals surface area contributed by atoms with Gasteiger partial charge in [0.05, 0.1) is 6.10 Å². The van der Waals surface area contributed by atoms with Gasteiger partial charge in [0.1, 0.15) is 0 Å². The van der Waals surface area contributed by atoms with Crippen molar-refractivity contribution in [3.8, 4) is 0 Å². The van der Waals surface area contributed by atoms with Gasteiger partial charge in [-0.1, -0.05) is 6.42 Å². The molecule has 0 aromatic rings. The minimum absolute atomic E-state index is 0. The Morgan fingerprint density at radius 1 is 1.09 bits per heavy atom. The zero-order valence-corrected chi connectivity index (χ0v) is 15.7. The summed E-state index contributed by atoms with van der Waals surface area (Å²) in [6.45, 7) is 2.67. The first-order chi connectivity index (χ1) is 10.3. The van der Waals surface area contributed by atoms with Crippen LogP contribution >= 0.6 is 24.0 Å². The third kappa shape index (κ3) is 2.65. The molecule has 3 unspecified atom stereocenters. The lowest BCUT2D eigenvalue weighted by atomic mass is 9.46. The molecule has 3 atom stereocenters. The van der Waals surface area contributed by atoms with Gasteiger partial charge in [0.25, 0.3) is 0 Å². The predicted molar refractivity (Wildman–Crippen MR) is 96.8 cm³/mol. The van der Waals surface area contributed by atoms with Crippen molar-refractivity contribution in [3.63, 3.8) is 0 Å². The molecule has 2 saturated carbocycles. The van der Waals surface area contributed by atoms with Crippen molar-refractivity contribution in [2.75, 3.05) is 26.9 Å². The fourth-order valence-corrected chi connectivity index (χ4v) is 4.81. The zero-order valence-electron chi connectivity index (χ0n) is 13.3. The molecule has 4 rings (SSSR count). The number of hydrogen-bond donors (Lipinski definition) is 2. The standard InChI is InChI=1S/C16H27N3O2.HI/c1-17-15(18-11-3-8-20-9-4-11)19-13-12-5-10-21-14(12)16(13)6-2-7-16;/h11-14H,2-10H2,1H3,(H2,17,18,19);1H. The molecule has 0 radical (unpaired) electrons. The summed E-state index contributed by atoms with van der Waals surface area (Å²) in [7, 11) is 1.88. The van der Waals surface area contributed by atoms with E-state index in [1.165, 1.54) is 25.7 Å². The molecule has 5 nitrogen and oxygen atoms in total. The highest BCUT2D eigenvalue weighted by Gasteiger charge is 2.66. The Balaban J connectivity index is 0.00000144. The second-order valence-corrected chi connectivity index (χ2v) is 7.06. The summed E-state index contributed by atoms with van der Waals surface area (Å²) in [6, 6.07) is 1.06. The Labute approximate surface area is 150 Å². The van der Waals surface area contributed by atoms with E-state index in [0.29, 0.717) is 29.5 Å². The van der Waals surface area contributed by atoms with Crippen LogP contribution in [0.1, 0.15) is 38.5 Å². The van der Waals surface area contributed by atoms with Crippen molar-refractivity contribution in [1.82, 2.24) is 10.6 Å². The summed E-state index contributed by atoms with van der Waals surface area (Å²) in [5.74, 6) is 1.67. The van der Waals surface area contributed by atoms with Crippen LogP contribution in [-0.2, 0) is 9.47 Å². The minimum Gasteiger partial charge on any atom is -0.381 e. The molecule has 4 aliphatic rings. The van der Waals surface area contributed by atoms with E-state index >= 15 is 0 Å². The van der Waals surface area contributed by atoms with Crippen molar-refractivity contribution in [1.29, 1.82) is 0 Å². The topological polar surface area (TPSA) is 54.9 Å². The van der Waals surface area contributed by atoms with Gasteiger partial charge in [-0.25, -0.2) is 0 Å². The molecule has 2 saturated heterocycles. The van der Waals surface area contributed by atoms with Gasteiger partial charge >= 0.3 is 0 Å². The highest BCUT2D eigenvalue weighted by Crippen LogP contribution is 2.62. The van der Waals surface area contributed by atoms with Crippen LogP contribution in [0.2, 0.25) is 0 Å². The first kappa shape index (κ1) is 16.8. The van der Waals surface area contributed by atoms with Crippen molar-refractivity contribution in [2.45, 2.75) is 56.7 Å². The van der Waals surface area contributed by atoms with Crippen LogP contribution in [0.15, 0.2) is 4.99 Å². The molecular weight excluding hydrogens is 393 g/mol. The lowest BCUT2D eigenvalue weighted by Crippen LogP contribution is -2.72. The average molecular weight is 421 g/mol. The molecule has 2 heterocycles. The largest absolute Gasteiger partial charge is 0.381 e. The van der Waals surface area contributed by atoms with E-state index in [9.17, 15) is 0 Å². The molecule has 126 valence electrons. The first-order valence-corrected chi connectivity index (χ1v) is 8.53. The van der Waals surface area contributed by atoms with E-state index in [4.69, 9.17) is 9.47 Å². The molecule has 4 fully saturated rings. The number of aliphatic imine (C=N–C) groups is 1. The minimum atomic E-state index is 0. The van der Waals surface area contributed by atoms with Gasteiger partial charge < -0.3 is 20.1 Å². The average Bonchev–Trinajstić information content (AvgIpc) is 2.88. The van der Waals surface area contributed by atoms with E-state index < -0.39 is 0 Å². The predicted octanol–water partition coefficient (Wildman–Crippen LogP) is 1.91. The number of rotatable bonds is 2. The molecule has 0 aromatic heterocycles. The van der Waals surface area contributed by atoms with Crippen LogP contribution in [0.5, 0.6) is 0 Å². The number of ether oxygens (including phenoxy) is 2. The fraction of sp³-hybridized carbons (Fsp3) is 0.938. The maximum atomic E-state index is 5.99. The molecule has 0 amide bonds. The van der Waals surface area contributed by atoms with Crippen LogP contribution in [0, 0.1) is 11.3 Å². The summed E-state index contributed by atoms with van der Waals surface area (Å²) < 4.78 is 11.4. The Morgan fingerprint density at radius 3 is 2.50 bits per heavy atom. The zero-order chi connectivity index (χ0) is 14.3. The number of halogens is 1. The lowest BCUT2D eigenvalue weighted by Gasteiger charge is -2.63. The Bertz CT molecular complexity index is 422. The van der Waals surface area contributed by atoms with E-state index in [2.05, 4.69) is 15.6 Å². The highest BCUT2D eigenvalue weighted by atomic mass is 127. The second-order valence-electron chi connectivity index (χ2n) is 7.06. The molecule has 0 bridgehead atoms. The molecule has 2 aliphatic heterocycles. The van der Waals surface area contributed by atoms with E-state index in [1.54, 1.807) is 0 Å². The third-order valence-electron chi connectivity index (χ3n) is 6.11. The van der Waals surface area contributed by atoms with Crippen LogP contribution in [0.3, 0.4) is 0 Å². The lowest BCUT2D eigenvalue weighted by molar-refractivity contribution is -0.171. The van der Waals surface area contributed by atoms with Crippen LogP contribution in [0.25, 0.3) is 0 Å². The molecule has 22 heavy (non-hydrogen) atoms. The maximum absolute atomic E-state index is 5.99. The maximum Gasteiger partial charge on any atom is 0.191 e. The second kappa shape index (κ2) is 6.81. The number of nitrogens with zero attached hydrogens (tertiary/aromatic N) is 1. The van der Waals surface area contributed by atoms with Crippen molar-refractivity contribution in [3.05, 3.63) is 0 Å². The molecule has 2 aliphatic carbocycles. The van der Waals surface area contributed by atoms with Crippen molar-refractivity contribution < 1.29 is 9.47 Å². The smallest absolute Gasteiger partial charge is 0.191 e. The molecule has 6 heteroatoms. The van der Waals surface area contributed by atoms with Gasteiger partial charge in [-0.2, -0.15) is 0 Å². The monoisotopic (exact) mass is 421 g/mol. The normalized spacial score (nSPS) is 36.8. The molecule has 2 N–H and O–H groups in total. The summed E-state index contributed by atoms with van der Waals surface area (Å²) in [4.78, 5) is 4.45. The van der Waals surface area contributed by atoms with Gasteiger partial charge in [0.2, 0.25) is 0 Å². The van der Waals surface area contributed by atoms with E-state index in [0.717, 1.165) is 38.6 Å². The summed E-state index contributed by atoms with van der Waals surface area (Å²) in [6.07, 6.45) is 7.87. The molecule has 1 spiro atoms. The number of hydrogen-bond acceptors (Lipinski definition) is 3. The summed E-state index contributed by atoms with van der Waals surface area (Å²) in [5, 5.41) is 7.32. The van der Waals surface area contributed by atoms with Gasteiger partial charge in [0, 0.05) is 50.3 Å². The first-order valence-electron chi connectivity index (χ1n) is 8.53. The van der Waals surface area contributed by atoms with Crippen LogP contribution in [0.4, 0.5) is 0 Å². The third-order valence-corrected chi connectivity index (χ3v) is 6.11. The van der Waals surface area contributed by atoms with E-state index in [1.807, 2.05) is 7.05 Å². The fourth-order valence-electron chi connectivity index (χ4n) is 4.81. The van der Waals surface area contributed by atoms with Gasteiger partial charge in [-0.15, -0.1) is 24.0 Å². The highest BCUT2D eigenvalue weighted by molar-refractivity contribution is 14.0. The SMILES string of the molecule is CN=C(NC1CCOCC1)NC1C2CCOC2C12CCC2.I. The van der Waals surface area contributed by atoms with Crippen LogP contribution in [-0.4, -0.2) is 51.0 Å². The summed E-state index contributed by atoms with van der Waals surface area (Å²) in [5.41, 5.74) is 0.411. The Hall–Kier alpha value is -0.0800. The molecular formula is C16H28IN3O2. The molecule has 0 aromatic carbocycles. The quantitative estimate of drug-likeness (QED) is 0.407. The number of nitrogens with one attached hydrogen (secondary N) is 2. The van der Waals surface area contributed by atoms with Gasteiger partial charge in [-0.3, -0.25) is 4.99 Å². The summed E-state index contributed by atoms with van der Waals surface area (Å²) >= 11 is 0. The van der Waals surface area contributed by atoms with Crippen molar-refractivity contribution in [2.24, 2.45) is 16.3 Å². The van der Waals surface area contributed by atoms with Crippen LogP contribution < -0.4 is 10.6 Å². The Kier molecular flexibility index (Phi) is 5.19. The number of guanidine groups is 1. The van der Waals surface area contributed by atoms with Gasteiger partial charge in [-0.05, 0) is 32.1 Å².